The van der Waals surface area contributed by atoms with E-state index in [1.807, 2.05) is 11.8 Å². The standard InChI is InChI=1S/C19H32O2SSi/c1-14(17-20-12-13-21-17)18(23(5,6)7)22-16-11-9-8-10-15(16)19(2,3)4/h8-11,14,17-18H,12-13H2,1-7H3. The van der Waals surface area contributed by atoms with Crippen molar-refractivity contribution in [2.45, 2.75) is 68.8 Å². The van der Waals surface area contributed by atoms with Gasteiger partial charge in [0.05, 0.1) is 21.3 Å². The molecule has 0 spiro atoms. The molecule has 0 saturated carbocycles. The molecule has 0 radical (unpaired) electrons. The van der Waals surface area contributed by atoms with Crippen LogP contribution in [0.5, 0.6) is 0 Å². The summed E-state index contributed by atoms with van der Waals surface area (Å²) in [5, 5.41) is 0. The van der Waals surface area contributed by atoms with Gasteiger partial charge in [0.1, 0.15) is 0 Å². The van der Waals surface area contributed by atoms with Crippen LogP contribution in [0.4, 0.5) is 0 Å². The smallest absolute Gasteiger partial charge is 0.161 e. The lowest BCUT2D eigenvalue weighted by Crippen LogP contribution is -2.44. The maximum atomic E-state index is 5.81. The van der Waals surface area contributed by atoms with Crippen LogP contribution < -0.4 is 0 Å². The van der Waals surface area contributed by atoms with Crippen LogP contribution in [-0.4, -0.2) is 32.5 Å². The average molecular weight is 353 g/mol. The van der Waals surface area contributed by atoms with E-state index in [0.717, 1.165) is 13.2 Å². The lowest BCUT2D eigenvalue weighted by molar-refractivity contribution is -0.0748. The minimum absolute atomic E-state index is 0.0407. The summed E-state index contributed by atoms with van der Waals surface area (Å²) in [6, 6.07) is 8.87. The first kappa shape index (κ1) is 19.0. The van der Waals surface area contributed by atoms with Crippen LogP contribution >= 0.6 is 11.8 Å². The van der Waals surface area contributed by atoms with Crippen molar-refractivity contribution in [3.63, 3.8) is 0 Å². The van der Waals surface area contributed by atoms with Crippen molar-refractivity contribution >= 4 is 19.8 Å². The van der Waals surface area contributed by atoms with Crippen LogP contribution in [0.25, 0.3) is 0 Å². The SMILES string of the molecule is CC(C1OCCO1)C(Sc1ccccc1C(C)(C)C)[Si](C)(C)C. The molecule has 1 aromatic rings. The third kappa shape index (κ3) is 4.85. The zero-order valence-electron chi connectivity index (χ0n) is 15.7. The summed E-state index contributed by atoms with van der Waals surface area (Å²) < 4.78 is 11.6. The second-order valence-corrected chi connectivity index (χ2v) is 15.6. The van der Waals surface area contributed by atoms with Crippen molar-refractivity contribution in [3.8, 4) is 0 Å². The molecule has 0 bridgehead atoms. The number of ether oxygens (including phenoxy) is 2. The third-order valence-corrected chi connectivity index (χ3v) is 10.4. The molecule has 0 aromatic heterocycles. The Kier molecular flexibility index (Phi) is 6.04. The van der Waals surface area contributed by atoms with Crippen LogP contribution in [0.1, 0.15) is 33.3 Å². The lowest BCUT2D eigenvalue weighted by Gasteiger charge is -2.36. The number of hydrogen-bond acceptors (Lipinski definition) is 3. The Bertz CT molecular complexity index is 513. The highest BCUT2D eigenvalue weighted by atomic mass is 32.2. The molecular formula is C19H32O2SSi. The third-order valence-electron chi connectivity index (χ3n) is 4.36. The molecular weight excluding hydrogens is 320 g/mol. The van der Waals surface area contributed by atoms with E-state index in [1.54, 1.807) is 0 Å². The van der Waals surface area contributed by atoms with E-state index in [1.165, 1.54) is 10.5 Å². The summed E-state index contributed by atoms with van der Waals surface area (Å²) in [5.41, 5.74) is 1.60. The van der Waals surface area contributed by atoms with Crippen LogP contribution in [-0.2, 0) is 14.9 Å². The van der Waals surface area contributed by atoms with Gasteiger partial charge in [-0.05, 0) is 17.0 Å². The minimum atomic E-state index is -1.38. The molecule has 23 heavy (non-hydrogen) atoms. The van der Waals surface area contributed by atoms with E-state index >= 15 is 0 Å². The van der Waals surface area contributed by atoms with Gasteiger partial charge in [-0.2, -0.15) is 0 Å². The normalized spacial score (nSPS) is 19.8. The first-order valence-corrected chi connectivity index (χ1v) is 13.1. The zero-order chi connectivity index (χ0) is 17.3. The molecule has 0 amide bonds. The number of rotatable bonds is 5. The summed E-state index contributed by atoms with van der Waals surface area (Å²) in [6.45, 7) is 18.0. The van der Waals surface area contributed by atoms with Gasteiger partial charge >= 0.3 is 0 Å². The van der Waals surface area contributed by atoms with Crippen LogP contribution in [0.3, 0.4) is 0 Å². The maximum Gasteiger partial charge on any atom is 0.161 e. The van der Waals surface area contributed by atoms with Gasteiger partial charge in [-0.25, -0.2) is 0 Å². The van der Waals surface area contributed by atoms with Gasteiger partial charge in [0.25, 0.3) is 0 Å². The fourth-order valence-electron chi connectivity index (χ4n) is 3.22. The average Bonchev–Trinajstić information content (AvgIpc) is 2.96. The highest BCUT2D eigenvalue weighted by Crippen LogP contribution is 2.41. The molecule has 0 aliphatic carbocycles. The van der Waals surface area contributed by atoms with E-state index in [9.17, 15) is 0 Å². The summed E-state index contributed by atoms with van der Waals surface area (Å²) in [7, 11) is -1.38. The Hall–Kier alpha value is -0.293. The summed E-state index contributed by atoms with van der Waals surface area (Å²) in [6.07, 6.45) is -0.0407. The first-order valence-electron chi connectivity index (χ1n) is 8.60. The Morgan fingerprint density at radius 1 is 1.09 bits per heavy atom. The highest BCUT2D eigenvalue weighted by Gasteiger charge is 2.39. The predicted octanol–water partition coefficient (Wildman–Crippen LogP) is 5.33. The van der Waals surface area contributed by atoms with E-state index in [2.05, 4.69) is 71.6 Å². The van der Waals surface area contributed by atoms with Crippen molar-refractivity contribution in [2.75, 3.05) is 13.2 Å². The fraction of sp³-hybridized carbons (Fsp3) is 0.684. The summed E-state index contributed by atoms with van der Waals surface area (Å²) >= 11 is 2.05. The monoisotopic (exact) mass is 352 g/mol. The second kappa shape index (κ2) is 7.30. The van der Waals surface area contributed by atoms with Gasteiger partial charge in [-0.1, -0.05) is 65.5 Å². The van der Waals surface area contributed by atoms with Gasteiger partial charge in [0, 0.05) is 15.7 Å². The Balaban J connectivity index is 2.29. The maximum absolute atomic E-state index is 5.81. The molecule has 2 rings (SSSR count). The number of hydrogen-bond donors (Lipinski definition) is 0. The molecule has 1 saturated heterocycles. The zero-order valence-corrected chi connectivity index (χ0v) is 17.5. The van der Waals surface area contributed by atoms with Crippen LogP contribution in [0.15, 0.2) is 29.2 Å². The lowest BCUT2D eigenvalue weighted by atomic mass is 9.87. The van der Waals surface area contributed by atoms with Crippen molar-refractivity contribution in [1.82, 2.24) is 0 Å². The molecule has 1 aliphatic heterocycles. The topological polar surface area (TPSA) is 18.5 Å². The van der Waals surface area contributed by atoms with E-state index < -0.39 is 8.07 Å². The predicted molar refractivity (Wildman–Crippen MR) is 103 cm³/mol. The van der Waals surface area contributed by atoms with E-state index in [4.69, 9.17) is 9.47 Å². The van der Waals surface area contributed by atoms with Crippen molar-refractivity contribution < 1.29 is 9.47 Å². The number of thioether (sulfide) groups is 1. The Morgan fingerprint density at radius 2 is 1.65 bits per heavy atom. The molecule has 1 fully saturated rings. The van der Waals surface area contributed by atoms with Gasteiger partial charge < -0.3 is 9.47 Å². The van der Waals surface area contributed by atoms with Gasteiger partial charge in [-0.15, -0.1) is 11.8 Å². The first-order chi connectivity index (χ1) is 10.6. The molecule has 1 aromatic carbocycles. The molecule has 2 unspecified atom stereocenters. The van der Waals surface area contributed by atoms with Crippen LogP contribution in [0.2, 0.25) is 19.6 Å². The molecule has 1 aliphatic rings. The molecule has 130 valence electrons. The molecule has 4 heteroatoms. The summed E-state index contributed by atoms with van der Waals surface area (Å²) in [5.74, 6) is 0.405. The fourth-order valence-corrected chi connectivity index (χ4v) is 8.03. The highest BCUT2D eigenvalue weighted by molar-refractivity contribution is 8.01. The molecule has 0 N–H and O–H groups in total. The molecule has 2 nitrogen and oxygen atoms in total. The second-order valence-electron chi connectivity index (χ2n) is 8.62. The minimum Gasteiger partial charge on any atom is -0.350 e. The van der Waals surface area contributed by atoms with E-state index in [0.29, 0.717) is 10.8 Å². The Labute approximate surface area is 147 Å². The molecule has 1 heterocycles. The largest absolute Gasteiger partial charge is 0.350 e. The summed E-state index contributed by atoms with van der Waals surface area (Å²) in [4.78, 5) is 1.98. The van der Waals surface area contributed by atoms with Crippen molar-refractivity contribution in [2.24, 2.45) is 5.92 Å². The number of benzene rings is 1. The Morgan fingerprint density at radius 3 is 2.17 bits per heavy atom. The van der Waals surface area contributed by atoms with Crippen molar-refractivity contribution in [3.05, 3.63) is 29.8 Å². The van der Waals surface area contributed by atoms with Crippen LogP contribution in [0, 0.1) is 5.92 Å². The van der Waals surface area contributed by atoms with Gasteiger partial charge in [-0.3, -0.25) is 0 Å². The van der Waals surface area contributed by atoms with Crippen molar-refractivity contribution in [1.29, 1.82) is 0 Å². The van der Waals surface area contributed by atoms with Gasteiger partial charge in [0.2, 0.25) is 0 Å². The van der Waals surface area contributed by atoms with Gasteiger partial charge in [0.15, 0.2) is 6.29 Å². The van der Waals surface area contributed by atoms with E-state index in [-0.39, 0.29) is 11.7 Å². The molecule has 2 atom stereocenters. The quantitative estimate of drug-likeness (QED) is 0.527.